The van der Waals surface area contributed by atoms with Crippen LogP contribution in [0.3, 0.4) is 0 Å². The van der Waals surface area contributed by atoms with Crippen LogP contribution in [-0.4, -0.2) is 39.0 Å². The van der Waals surface area contributed by atoms with Crippen molar-refractivity contribution in [3.05, 3.63) is 168 Å². The van der Waals surface area contributed by atoms with Gasteiger partial charge in [0.1, 0.15) is 0 Å². The summed E-state index contributed by atoms with van der Waals surface area (Å²) in [6, 6.07) is 35.9. The maximum Gasteiger partial charge on any atom is 0.176 e. The van der Waals surface area contributed by atoms with Crippen LogP contribution in [0.2, 0.25) is 0 Å². The zero-order chi connectivity index (χ0) is 42.2. The third kappa shape index (κ3) is 13.3. The molecule has 4 heteroatoms. The predicted octanol–water partition coefficient (Wildman–Crippen LogP) is 14.4. The molecule has 8 rings (SSSR count). The van der Waals surface area contributed by atoms with Gasteiger partial charge in [0.15, 0.2) is 12.6 Å². The Morgan fingerprint density at radius 2 is 0.902 bits per heavy atom. The van der Waals surface area contributed by atoms with E-state index in [0.717, 1.165) is 19.6 Å². The highest BCUT2D eigenvalue weighted by molar-refractivity contribution is 5.65. The number of rotatable bonds is 12. The summed E-state index contributed by atoms with van der Waals surface area (Å²) in [5, 5.41) is 0. The first-order chi connectivity index (χ1) is 30.0. The van der Waals surface area contributed by atoms with Gasteiger partial charge in [-0.05, 0) is 146 Å². The first-order valence-corrected chi connectivity index (χ1v) is 23.4. The van der Waals surface area contributed by atoms with Crippen LogP contribution in [0.15, 0.2) is 146 Å². The molecule has 0 unspecified atom stereocenters. The molecule has 2 heterocycles. The summed E-state index contributed by atoms with van der Waals surface area (Å²) in [6.07, 6.45) is 27.3. The fourth-order valence-electron chi connectivity index (χ4n) is 9.31. The van der Waals surface area contributed by atoms with Gasteiger partial charge in [0.2, 0.25) is 0 Å². The summed E-state index contributed by atoms with van der Waals surface area (Å²) in [7, 11) is 0. The van der Waals surface area contributed by atoms with Gasteiger partial charge in [-0.1, -0.05) is 146 Å². The van der Waals surface area contributed by atoms with Gasteiger partial charge in [-0.3, -0.25) is 0 Å². The lowest BCUT2D eigenvalue weighted by Crippen LogP contribution is -2.29. The minimum atomic E-state index is -0.200. The quantitative estimate of drug-likeness (QED) is 0.133. The van der Waals surface area contributed by atoms with Crippen molar-refractivity contribution in [2.45, 2.75) is 109 Å². The lowest BCUT2D eigenvalue weighted by Gasteiger charge is -2.29. The normalized spacial score (nSPS) is 27.2. The minimum Gasteiger partial charge on any atom is -0.348 e. The molecule has 4 aliphatic rings. The smallest absolute Gasteiger partial charge is 0.176 e. The summed E-state index contributed by atoms with van der Waals surface area (Å²) >= 11 is 0. The molecule has 0 atom stereocenters. The molecule has 4 fully saturated rings. The molecule has 2 saturated heterocycles. The van der Waals surface area contributed by atoms with Crippen LogP contribution < -0.4 is 0 Å². The third-order valence-electron chi connectivity index (χ3n) is 13.3. The summed E-state index contributed by atoms with van der Waals surface area (Å²) in [5.74, 6) is 3.45. The molecule has 2 aliphatic carbocycles. The van der Waals surface area contributed by atoms with Gasteiger partial charge in [0.05, 0.1) is 26.4 Å². The van der Waals surface area contributed by atoms with Crippen LogP contribution in [0.1, 0.15) is 106 Å². The van der Waals surface area contributed by atoms with Crippen LogP contribution in [-0.2, 0) is 25.4 Å². The van der Waals surface area contributed by atoms with E-state index in [-0.39, 0.29) is 12.6 Å². The Bertz CT molecular complexity index is 1960. The topological polar surface area (TPSA) is 36.9 Å². The number of aryl methyl sites for hydroxylation is 2. The summed E-state index contributed by atoms with van der Waals surface area (Å²) < 4.78 is 23.5. The predicted molar refractivity (Wildman–Crippen MR) is 254 cm³/mol. The van der Waals surface area contributed by atoms with E-state index in [4.69, 9.17) is 18.9 Å². The molecule has 0 amide bonds. The Hall–Kier alpha value is -4.32. The average molecular weight is 819 g/mol. The van der Waals surface area contributed by atoms with E-state index in [2.05, 4.69) is 148 Å². The molecule has 4 nitrogen and oxygen atoms in total. The Morgan fingerprint density at radius 3 is 1.43 bits per heavy atom. The molecule has 0 spiro atoms. The number of allylic oxidation sites excluding steroid dienone is 4. The Balaban J connectivity index is 0.000000184. The first-order valence-electron chi connectivity index (χ1n) is 23.4. The lowest BCUT2D eigenvalue weighted by atomic mass is 9.78. The molecule has 2 aliphatic heterocycles. The second-order valence-electron chi connectivity index (χ2n) is 17.9. The van der Waals surface area contributed by atoms with Crippen LogP contribution in [0, 0.1) is 30.6 Å². The van der Waals surface area contributed by atoms with Crippen molar-refractivity contribution in [3.63, 3.8) is 0 Å². The number of ether oxygens (including phenoxy) is 4. The number of hydrogen-bond donors (Lipinski definition) is 0. The van der Waals surface area contributed by atoms with Gasteiger partial charge < -0.3 is 18.9 Å². The van der Waals surface area contributed by atoms with Crippen molar-refractivity contribution < 1.29 is 18.9 Å². The van der Waals surface area contributed by atoms with E-state index >= 15 is 0 Å². The second-order valence-corrected chi connectivity index (χ2v) is 17.9. The van der Waals surface area contributed by atoms with E-state index in [9.17, 15) is 0 Å². The van der Waals surface area contributed by atoms with Crippen molar-refractivity contribution in [1.29, 1.82) is 0 Å². The van der Waals surface area contributed by atoms with Crippen LogP contribution in [0.25, 0.3) is 22.3 Å². The van der Waals surface area contributed by atoms with Gasteiger partial charge in [-0.25, -0.2) is 0 Å². The van der Waals surface area contributed by atoms with Crippen LogP contribution in [0.5, 0.6) is 0 Å². The monoisotopic (exact) mass is 819 g/mol. The molecular formula is C57H70O4. The molecule has 0 radical (unpaired) electrons. The molecule has 4 aromatic rings. The van der Waals surface area contributed by atoms with Gasteiger partial charge in [-0.2, -0.15) is 0 Å². The minimum absolute atomic E-state index is 0.160. The summed E-state index contributed by atoms with van der Waals surface area (Å²) in [6.45, 7) is 13.2. The van der Waals surface area contributed by atoms with E-state index in [1.165, 1.54) is 102 Å². The first kappa shape index (κ1) is 44.7. The van der Waals surface area contributed by atoms with Crippen molar-refractivity contribution in [2.75, 3.05) is 26.4 Å². The summed E-state index contributed by atoms with van der Waals surface area (Å²) in [4.78, 5) is 0. The second kappa shape index (κ2) is 23.2. The standard InChI is InChI=1S/C29H36O2.C28H34O2/c1-3-5-23-10-13-25(14-11-23)26-15-17-27(18-16-26)28-20-30-29(31-21-28)19-12-24-8-6-22(4-2)7-9-24;1-3-4-28-29-19-23(20-30-28)8-7-22-9-13-25(14-10-22)27-17-15-26(16-18-27)24-11-5-21(2)6-12-24/h4,10-19,22,24,28-29H,2-3,5-9,20-21H2,1H3;3-8,11-12,15-18,22-23,25,28H,9-10,13-14,19-20H2,1-2H3/b19-12+;4-3?,8-7+. The molecule has 0 aromatic heterocycles. The largest absolute Gasteiger partial charge is 0.348 e. The van der Waals surface area contributed by atoms with Crippen molar-refractivity contribution in [2.24, 2.45) is 23.7 Å². The Labute approximate surface area is 367 Å². The maximum absolute atomic E-state index is 6.00. The summed E-state index contributed by atoms with van der Waals surface area (Å²) in [5.41, 5.74) is 10.6. The SMILES string of the molecule is C=CC1CCC(/C=C/C2OCC(c3ccc(-c4ccc(CCC)cc4)cc3)CO2)CC1.CC=CC1OCC(/C=C/C2CCC(c3ccc(-c4ccc(C)cc4)cc3)CC2)CO1. The molecule has 61 heavy (non-hydrogen) atoms. The zero-order valence-corrected chi connectivity index (χ0v) is 37.1. The molecule has 0 bridgehead atoms. The van der Waals surface area contributed by atoms with Crippen molar-refractivity contribution >= 4 is 0 Å². The molecular weight excluding hydrogens is 749 g/mol. The zero-order valence-electron chi connectivity index (χ0n) is 37.1. The fourth-order valence-corrected chi connectivity index (χ4v) is 9.31. The van der Waals surface area contributed by atoms with Gasteiger partial charge in [0, 0.05) is 11.8 Å². The van der Waals surface area contributed by atoms with E-state index in [1.54, 1.807) is 0 Å². The molecule has 0 N–H and O–H groups in total. The Kier molecular flexibility index (Phi) is 17.0. The van der Waals surface area contributed by atoms with Gasteiger partial charge in [0.25, 0.3) is 0 Å². The maximum atomic E-state index is 6.00. The number of hydrogen-bond acceptors (Lipinski definition) is 4. The Morgan fingerprint density at radius 1 is 0.475 bits per heavy atom. The van der Waals surface area contributed by atoms with E-state index < -0.39 is 0 Å². The van der Waals surface area contributed by atoms with Crippen LogP contribution >= 0.6 is 0 Å². The molecule has 322 valence electrons. The average Bonchev–Trinajstić information content (AvgIpc) is 3.32. The molecule has 4 aromatic carbocycles. The van der Waals surface area contributed by atoms with E-state index in [1.807, 2.05) is 19.1 Å². The van der Waals surface area contributed by atoms with Crippen LogP contribution in [0.4, 0.5) is 0 Å². The van der Waals surface area contributed by atoms with Crippen molar-refractivity contribution in [1.82, 2.24) is 0 Å². The van der Waals surface area contributed by atoms with Gasteiger partial charge in [-0.15, -0.1) is 6.58 Å². The highest BCUT2D eigenvalue weighted by Gasteiger charge is 2.25. The lowest BCUT2D eigenvalue weighted by molar-refractivity contribution is -0.165. The van der Waals surface area contributed by atoms with Gasteiger partial charge >= 0.3 is 0 Å². The highest BCUT2D eigenvalue weighted by Crippen LogP contribution is 2.37. The van der Waals surface area contributed by atoms with E-state index in [0.29, 0.717) is 48.7 Å². The third-order valence-corrected chi connectivity index (χ3v) is 13.3. The molecule has 2 saturated carbocycles. The fraction of sp³-hybridized carbons (Fsp3) is 0.439. The van der Waals surface area contributed by atoms with Crippen molar-refractivity contribution in [3.8, 4) is 22.3 Å². The highest BCUT2D eigenvalue weighted by atomic mass is 16.7. The number of benzene rings is 4.